The molecule has 1 aliphatic heterocycles. The summed E-state index contributed by atoms with van der Waals surface area (Å²) in [5.41, 5.74) is 2.37. The normalized spacial score (nSPS) is 15.9. The quantitative estimate of drug-likeness (QED) is 0.340. The van der Waals surface area contributed by atoms with Gasteiger partial charge in [0.2, 0.25) is 10.0 Å². The van der Waals surface area contributed by atoms with Crippen LogP contribution in [0.2, 0.25) is 10.0 Å². The third kappa shape index (κ3) is 7.10. The van der Waals surface area contributed by atoms with Gasteiger partial charge >= 0.3 is 5.97 Å². The molecular weight excluding hydrogens is 535 g/mol. The van der Waals surface area contributed by atoms with Gasteiger partial charge < -0.3 is 9.47 Å². The Bertz CT molecular complexity index is 1310. The maximum absolute atomic E-state index is 13.0. The molecular formula is C27H28Cl2N2O5S. The van der Waals surface area contributed by atoms with Crippen LogP contribution >= 0.6 is 23.2 Å². The minimum Gasteiger partial charge on any atom is -0.465 e. The Morgan fingerprint density at radius 1 is 0.919 bits per heavy atom. The minimum atomic E-state index is -3.61. The van der Waals surface area contributed by atoms with E-state index >= 15 is 0 Å². The average molecular weight is 564 g/mol. The van der Waals surface area contributed by atoms with Gasteiger partial charge in [-0.25, -0.2) is 13.2 Å². The monoisotopic (exact) mass is 562 g/mol. The van der Waals surface area contributed by atoms with Crippen LogP contribution in [-0.2, 0) is 26.1 Å². The lowest BCUT2D eigenvalue weighted by Gasteiger charge is -2.36. The van der Waals surface area contributed by atoms with Crippen molar-refractivity contribution in [1.82, 2.24) is 9.21 Å². The molecule has 1 saturated heterocycles. The fourth-order valence-electron chi connectivity index (χ4n) is 4.15. The van der Waals surface area contributed by atoms with Gasteiger partial charge in [-0.2, -0.15) is 4.31 Å². The second kappa shape index (κ2) is 12.4. The maximum Gasteiger partial charge on any atom is 0.337 e. The number of nitrogens with zero attached hydrogens (tertiary/aromatic N) is 2. The number of esters is 1. The second-order valence-corrected chi connectivity index (χ2v) is 11.5. The van der Waals surface area contributed by atoms with Crippen molar-refractivity contribution in [3.8, 4) is 0 Å². The van der Waals surface area contributed by atoms with Crippen LogP contribution in [0.1, 0.15) is 27.6 Å². The van der Waals surface area contributed by atoms with E-state index < -0.39 is 10.0 Å². The molecule has 3 aromatic rings. The van der Waals surface area contributed by atoms with Gasteiger partial charge in [0.15, 0.2) is 0 Å². The summed E-state index contributed by atoms with van der Waals surface area (Å²) in [6, 6.07) is 21.0. The Balaban J connectivity index is 1.41. The lowest BCUT2D eigenvalue weighted by atomic mass is 10.1. The topological polar surface area (TPSA) is 76.2 Å². The van der Waals surface area contributed by atoms with Crippen molar-refractivity contribution in [3.63, 3.8) is 0 Å². The largest absolute Gasteiger partial charge is 0.465 e. The zero-order chi connectivity index (χ0) is 26.4. The van der Waals surface area contributed by atoms with Gasteiger partial charge in [-0.1, -0.05) is 53.5 Å². The van der Waals surface area contributed by atoms with Gasteiger partial charge in [-0.15, -0.1) is 0 Å². The number of carbonyl (C=O) groups is 1. The van der Waals surface area contributed by atoms with E-state index in [1.165, 1.54) is 17.5 Å². The lowest BCUT2D eigenvalue weighted by Crippen LogP contribution is -2.49. The zero-order valence-electron chi connectivity index (χ0n) is 20.3. The van der Waals surface area contributed by atoms with Crippen LogP contribution in [0, 0.1) is 0 Å². The van der Waals surface area contributed by atoms with Crippen LogP contribution < -0.4 is 0 Å². The second-order valence-electron chi connectivity index (χ2n) is 8.70. The maximum atomic E-state index is 13.0. The number of hydrogen-bond donors (Lipinski definition) is 0. The molecule has 7 nitrogen and oxygen atoms in total. The summed E-state index contributed by atoms with van der Waals surface area (Å²) in [5, 5.41) is 1.03. The number of carbonyl (C=O) groups excluding carboxylic acids is 1. The summed E-state index contributed by atoms with van der Waals surface area (Å²) >= 11 is 12.1. The smallest absolute Gasteiger partial charge is 0.337 e. The van der Waals surface area contributed by atoms with Crippen LogP contribution in [0.4, 0.5) is 0 Å². The van der Waals surface area contributed by atoms with Crippen LogP contribution in [0.15, 0.2) is 77.7 Å². The van der Waals surface area contributed by atoms with Gasteiger partial charge in [0.05, 0.1) is 30.3 Å². The predicted octanol–water partition coefficient (Wildman–Crippen LogP) is 5.04. The van der Waals surface area contributed by atoms with Gasteiger partial charge in [0, 0.05) is 42.8 Å². The molecule has 0 amide bonds. The number of benzene rings is 3. The Kier molecular flexibility index (Phi) is 9.23. The first-order chi connectivity index (χ1) is 17.8. The summed E-state index contributed by atoms with van der Waals surface area (Å²) in [5.74, 6) is -0.386. The van der Waals surface area contributed by atoms with Crippen molar-refractivity contribution in [3.05, 3.63) is 99.5 Å². The number of piperazine rings is 1. The molecule has 0 bridgehead atoms. The SMILES string of the molecule is COC(=O)c1ccc(COC(CN2CCN(S(=O)(=O)c3cccc(Cl)c3)CC2)c2ccc(Cl)cc2)cc1. The summed E-state index contributed by atoms with van der Waals surface area (Å²) in [4.78, 5) is 14.1. The van der Waals surface area contributed by atoms with Crippen molar-refractivity contribution in [2.45, 2.75) is 17.6 Å². The number of halogens is 2. The van der Waals surface area contributed by atoms with Gasteiger partial charge in [0.25, 0.3) is 0 Å². The van der Waals surface area contributed by atoms with E-state index in [0.717, 1.165) is 11.1 Å². The summed E-state index contributed by atoms with van der Waals surface area (Å²) in [7, 11) is -2.26. The molecule has 1 fully saturated rings. The van der Waals surface area contributed by atoms with E-state index in [4.69, 9.17) is 32.7 Å². The van der Waals surface area contributed by atoms with E-state index in [-0.39, 0.29) is 17.0 Å². The van der Waals surface area contributed by atoms with Crippen molar-refractivity contribution < 1.29 is 22.7 Å². The molecule has 0 aliphatic carbocycles. The van der Waals surface area contributed by atoms with E-state index in [0.29, 0.717) is 54.9 Å². The van der Waals surface area contributed by atoms with Crippen molar-refractivity contribution in [2.24, 2.45) is 0 Å². The fourth-order valence-corrected chi connectivity index (χ4v) is 6.00. The Hall–Kier alpha value is -2.46. The van der Waals surface area contributed by atoms with Crippen LogP contribution in [-0.4, -0.2) is 63.4 Å². The number of hydrogen-bond acceptors (Lipinski definition) is 6. The third-order valence-corrected chi connectivity index (χ3v) is 8.64. The molecule has 0 N–H and O–H groups in total. The van der Waals surface area contributed by atoms with Gasteiger partial charge in [-0.05, 0) is 53.6 Å². The Morgan fingerprint density at radius 3 is 2.22 bits per heavy atom. The summed E-state index contributed by atoms with van der Waals surface area (Å²) in [6.07, 6.45) is -0.256. The van der Waals surface area contributed by atoms with Crippen molar-refractivity contribution in [1.29, 1.82) is 0 Å². The van der Waals surface area contributed by atoms with E-state index in [9.17, 15) is 13.2 Å². The molecule has 10 heteroatoms. The Labute approximate surface area is 227 Å². The molecule has 0 saturated carbocycles. The molecule has 1 aliphatic rings. The number of methoxy groups -OCH3 is 1. The molecule has 1 heterocycles. The highest BCUT2D eigenvalue weighted by atomic mass is 35.5. The first-order valence-corrected chi connectivity index (χ1v) is 14.0. The van der Waals surface area contributed by atoms with Crippen molar-refractivity contribution >= 4 is 39.2 Å². The number of rotatable bonds is 9. The number of sulfonamides is 1. The first kappa shape index (κ1) is 27.6. The highest BCUT2D eigenvalue weighted by Crippen LogP contribution is 2.25. The highest BCUT2D eigenvalue weighted by molar-refractivity contribution is 7.89. The third-order valence-electron chi connectivity index (χ3n) is 6.26. The van der Waals surface area contributed by atoms with Crippen LogP contribution in [0.5, 0.6) is 0 Å². The van der Waals surface area contributed by atoms with E-state index in [1.54, 1.807) is 30.3 Å². The highest BCUT2D eigenvalue weighted by Gasteiger charge is 2.30. The number of ether oxygens (including phenoxy) is 2. The van der Waals surface area contributed by atoms with Crippen LogP contribution in [0.25, 0.3) is 0 Å². The van der Waals surface area contributed by atoms with Gasteiger partial charge in [0.1, 0.15) is 0 Å². The van der Waals surface area contributed by atoms with E-state index in [1.807, 2.05) is 36.4 Å². The molecule has 0 aromatic heterocycles. The van der Waals surface area contributed by atoms with Crippen LogP contribution in [0.3, 0.4) is 0 Å². The summed E-state index contributed by atoms with van der Waals surface area (Å²) in [6.45, 7) is 2.82. The molecule has 0 spiro atoms. The molecule has 0 radical (unpaired) electrons. The van der Waals surface area contributed by atoms with Crippen molar-refractivity contribution in [2.75, 3.05) is 39.8 Å². The Morgan fingerprint density at radius 2 is 1.59 bits per heavy atom. The van der Waals surface area contributed by atoms with Gasteiger partial charge in [-0.3, -0.25) is 4.90 Å². The molecule has 3 aromatic carbocycles. The molecule has 37 heavy (non-hydrogen) atoms. The predicted molar refractivity (Wildman–Crippen MR) is 143 cm³/mol. The van der Waals surface area contributed by atoms with E-state index in [2.05, 4.69) is 4.90 Å². The average Bonchev–Trinajstić information content (AvgIpc) is 2.91. The zero-order valence-corrected chi connectivity index (χ0v) is 22.7. The fraction of sp³-hybridized carbons (Fsp3) is 0.296. The molecule has 4 rings (SSSR count). The standard InChI is InChI=1S/C27H28Cl2N2O5S/c1-35-27(32)22-7-5-20(6-8-22)19-36-26(21-9-11-23(28)12-10-21)18-30-13-15-31(16-14-30)37(33,34)25-4-2-3-24(29)17-25/h2-12,17,26H,13-16,18-19H2,1H3. The molecule has 1 unspecified atom stereocenters. The first-order valence-electron chi connectivity index (χ1n) is 11.8. The molecule has 1 atom stereocenters. The lowest BCUT2D eigenvalue weighted by molar-refractivity contribution is 0.00771. The summed E-state index contributed by atoms with van der Waals surface area (Å²) < 4.78 is 38.7. The molecule has 196 valence electrons. The minimum absolute atomic E-state index is 0.203.